The number of methoxy groups -OCH3 is 1. The van der Waals surface area contributed by atoms with Crippen molar-refractivity contribution < 1.29 is 14.6 Å². The molecule has 0 aromatic rings. The SMILES string of the molecule is COC(C)CNC(C(=O)O)C1CC1. The molecule has 0 aromatic carbocycles. The molecule has 0 amide bonds. The largest absolute Gasteiger partial charge is 0.480 e. The van der Waals surface area contributed by atoms with Gasteiger partial charge in [0, 0.05) is 13.7 Å². The quantitative estimate of drug-likeness (QED) is 0.634. The van der Waals surface area contributed by atoms with Crippen molar-refractivity contribution in [2.45, 2.75) is 31.9 Å². The molecule has 0 aromatic heterocycles. The maximum atomic E-state index is 10.8. The fourth-order valence-corrected chi connectivity index (χ4v) is 1.26. The van der Waals surface area contributed by atoms with Gasteiger partial charge in [0.2, 0.25) is 0 Å². The molecule has 0 bridgehead atoms. The summed E-state index contributed by atoms with van der Waals surface area (Å²) in [7, 11) is 1.62. The summed E-state index contributed by atoms with van der Waals surface area (Å²) in [4.78, 5) is 10.8. The predicted octanol–water partition coefficient (Wildman–Crippen LogP) is 0.474. The van der Waals surface area contributed by atoms with Crippen molar-refractivity contribution in [2.75, 3.05) is 13.7 Å². The van der Waals surface area contributed by atoms with Crippen LogP contribution in [0.5, 0.6) is 0 Å². The summed E-state index contributed by atoms with van der Waals surface area (Å²) in [5.74, 6) is -0.410. The molecule has 1 aliphatic carbocycles. The van der Waals surface area contributed by atoms with E-state index in [1.165, 1.54) is 0 Å². The van der Waals surface area contributed by atoms with E-state index in [9.17, 15) is 4.79 Å². The number of aliphatic carboxylic acids is 1. The first-order valence-electron chi connectivity index (χ1n) is 4.64. The number of nitrogens with one attached hydrogen (secondary N) is 1. The fourth-order valence-electron chi connectivity index (χ4n) is 1.26. The fraction of sp³-hybridized carbons (Fsp3) is 0.889. The first-order valence-corrected chi connectivity index (χ1v) is 4.64. The Kier molecular flexibility index (Phi) is 3.69. The first-order chi connectivity index (χ1) is 6.15. The molecule has 1 saturated carbocycles. The molecule has 0 aliphatic heterocycles. The molecule has 0 spiro atoms. The van der Waals surface area contributed by atoms with Gasteiger partial charge >= 0.3 is 5.97 Å². The molecule has 1 aliphatic rings. The topological polar surface area (TPSA) is 58.6 Å². The molecule has 13 heavy (non-hydrogen) atoms. The van der Waals surface area contributed by atoms with E-state index in [0.29, 0.717) is 12.5 Å². The van der Waals surface area contributed by atoms with Crippen molar-refractivity contribution in [3.8, 4) is 0 Å². The monoisotopic (exact) mass is 187 g/mol. The molecule has 0 saturated heterocycles. The number of carboxylic acid groups (broad SMARTS) is 1. The molecule has 2 unspecified atom stereocenters. The van der Waals surface area contributed by atoms with E-state index in [1.807, 2.05) is 6.92 Å². The van der Waals surface area contributed by atoms with Crippen molar-refractivity contribution in [1.82, 2.24) is 5.32 Å². The zero-order valence-electron chi connectivity index (χ0n) is 8.12. The number of carbonyl (C=O) groups is 1. The summed E-state index contributed by atoms with van der Waals surface area (Å²) in [5, 5.41) is 11.9. The Balaban J connectivity index is 2.26. The maximum absolute atomic E-state index is 10.8. The van der Waals surface area contributed by atoms with E-state index in [2.05, 4.69) is 5.32 Å². The van der Waals surface area contributed by atoms with Crippen LogP contribution in [-0.4, -0.2) is 36.9 Å². The molecule has 1 fully saturated rings. The maximum Gasteiger partial charge on any atom is 0.320 e. The summed E-state index contributed by atoms with van der Waals surface area (Å²) < 4.78 is 5.03. The minimum atomic E-state index is -0.745. The zero-order valence-corrected chi connectivity index (χ0v) is 8.12. The highest BCUT2D eigenvalue weighted by atomic mass is 16.5. The Morgan fingerprint density at radius 3 is 2.69 bits per heavy atom. The van der Waals surface area contributed by atoms with Crippen LogP contribution in [0, 0.1) is 5.92 Å². The summed E-state index contributed by atoms with van der Waals surface area (Å²) >= 11 is 0. The van der Waals surface area contributed by atoms with E-state index in [4.69, 9.17) is 9.84 Å². The Bertz CT molecular complexity index is 180. The van der Waals surface area contributed by atoms with Gasteiger partial charge in [-0.3, -0.25) is 4.79 Å². The van der Waals surface area contributed by atoms with E-state index in [1.54, 1.807) is 7.11 Å². The minimum Gasteiger partial charge on any atom is -0.480 e. The van der Waals surface area contributed by atoms with E-state index < -0.39 is 5.97 Å². The van der Waals surface area contributed by atoms with Crippen LogP contribution in [0.15, 0.2) is 0 Å². The third kappa shape index (κ3) is 3.32. The van der Waals surface area contributed by atoms with Crippen LogP contribution in [-0.2, 0) is 9.53 Å². The molecule has 76 valence electrons. The van der Waals surface area contributed by atoms with Gasteiger partial charge in [0.05, 0.1) is 6.10 Å². The summed E-state index contributed by atoms with van der Waals surface area (Å²) in [5.41, 5.74) is 0. The second-order valence-corrected chi connectivity index (χ2v) is 3.61. The van der Waals surface area contributed by atoms with Crippen molar-refractivity contribution in [1.29, 1.82) is 0 Å². The Morgan fingerprint density at radius 2 is 2.31 bits per heavy atom. The van der Waals surface area contributed by atoms with Gasteiger partial charge in [-0.05, 0) is 25.7 Å². The highest BCUT2D eigenvalue weighted by molar-refractivity contribution is 5.74. The smallest absolute Gasteiger partial charge is 0.320 e. The molecular weight excluding hydrogens is 170 g/mol. The standard InChI is InChI=1S/C9H17NO3/c1-6(13-2)5-10-8(9(11)12)7-3-4-7/h6-8,10H,3-5H2,1-2H3,(H,11,12). The summed E-state index contributed by atoms with van der Waals surface area (Å²) in [6.45, 7) is 2.52. The van der Waals surface area contributed by atoms with Gasteiger partial charge in [-0.15, -0.1) is 0 Å². The Hall–Kier alpha value is -0.610. The summed E-state index contributed by atoms with van der Waals surface area (Å²) in [6, 6.07) is -0.377. The van der Waals surface area contributed by atoms with Gasteiger partial charge in [0.15, 0.2) is 0 Å². The number of rotatable bonds is 6. The number of hydrogen-bond donors (Lipinski definition) is 2. The second kappa shape index (κ2) is 4.58. The third-order valence-electron chi connectivity index (χ3n) is 2.39. The highest BCUT2D eigenvalue weighted by Crippen LogP contribution is 2.32. The zero-order chi connectivity index (χ0) is 9.84. The lowest BCUT2D eigenvalue weighted by molar-refractivity contribution is -0.140. The van der Waals surface area contributed by atoms with Gasteiger partial charge in [-0.2, -0.15) is 0 Å². The van der Waals surface area contributed by atoms with Crippen molar-refractivity contribution >= 4 is 5.97 Å². The normalized spacial score (nSPS) is 21.1. The molecule has 4 heteroatoms. The van der Waals surface area contributed by atoms with Gasteiger partial charge in [-0.25, -0.2) is 0 Å². The molecule has 4 nitrogen and oxygen atoms in total. The number of ether oxygens (including phenoxy) is 1. The Morgan fingerprint density at radius 1 is 1.69 bits per heavy atom. The van der Waals surface area contributed by atoms with Crippen molar-refractivity contribution in [3.05, 3.63) is 0 Å². The van der Waals surface area contributed by atoms with E-state index >= 15 is 0 Å². The second-order valence-electron chi connectivity index (χ2n) is 3.61. The molecule has 0 heterocycles. The van der Waals surface area contributed by atoms with Crippen LogP contribution in [0.25, 0.3) is 0 Å². The predicted molar refractivity (Wildman–Crippen MR) is 48.6 cm³/mol. The average molecular weight is 187 g/mol. The average Bonchev–Trinajstić information content (AvgIpc) is 2.87. The van der Waals surface area contributed by atoms with Crippen molar-refractivity contribution in [3.63, 3.8) is 0 Å². The van der Waals surface area contributed by atoms with E-state index in [-0.39, 0.29) is 12.1 Å². The van der Waals surface area contributed by atoms with E-state index in [0.717, 1.165) is 12.8 Å². The lowest BCUT2D eigenvalue weighted by atomic mass is 10.2. The van der Waals surface area contributed by atoms with Crippen LogP contribution < -0.4 is 5.32 Å². The van der Waals surface area contributed by atoms with Gasteiger partial charge in [-0.1, -0.05) is 0 Å². The first kappa shape index (κ1) is 10.5. The summed E-state index contributed by atoms with van der Waals surface area (Å²) in [6.07, 6.45) is 2.14. The van der Waals surface area contributed by atoms with Crippen LogP contribution in [0.1, 0.15) is 19.8 Å². The number of hydrogen-bond acceptors (Lipinski definition) is 3. The molecule has 2 atom stereocenters. The molecular formula is C9H17NO3. The molecule has 1 rings (SSSR count). The highest BCUT2D eigenvalue weighted by Gasteiger charge is 2.35. The lowest BCUT2D eigenvalue weighted by Crippen LogP contribution is -2.42. The third-order valence-corrected chi connectivity index (χ3v) is 2.39. The Labute approximate surface area is 78.3 Å². The van der Waals surface area contributed by atoms with Gasteiger partial charge in [0.25, 0.3) is 0 Å². The molecule has 0 radical (unpaired) electrons. The lowest BCUT2D eigenvalue weighted by Gasteiger charge is -2.16. The van der Waals surface area contributed by atoms with Crippen LogP contribution in [0.4, 0.5) is 0 Å². The van der Waals surface area contributed by atoms with Gasteiger partial charge < -0.3 is 15.2 Å². The van der Waals surface area contributed by atoms with Gasteiger partial charge in [0.1, 0.15) is 6.04 Å². The molecule has 2 N–H and O–H groups in total. The minimum absolute atomic E-state index is 0.0700. The van der Waals surface area contributed by atoms with Crippen LogP contribution in [0.2, 0.25) is 0 Å². The number of carboxylic acids is 1. The van der Waals surface area contributed by atoms with Crippen molar-refractivity contribution in [2.24, 2.45) is 5.92 Å². The van der Waals surface area contributed by atoms with Crippen LogP contribution in [0.3, 0.4) is 0 Å². The van der Waals surface area contributed by atoms with Crippen LogP contribution >= 0.6 is 0 Å².